The van der Waals surface area contributed by atoms with E-state index >= 15 is 0 Å². The Morgan fingerprint density at radius 2 is 0.917 bits per heavy atom. The average molecular weight is 629 g/mol. The third-order valence-corrected chi connectivity index (χ3v) is 10.7. The lowest BCUT2D eigenvalue weighted by Crippen LogP contribution is -2.26. The fourth-order valence-corrected chi connectivity index (χ4v) is 8.48. The Bertz CT molecular complexity index is 2100. The molecule has 0 aliphatic heterocycles. The highest BCUT2D eigenvalue weighted by molar-refractivity contribution is 6.25. The largest absolute Gasteiger partial charge is 0.489 e. The molecule has 2 heteroatoms. The lowest BCUT2D eigenvalue weighted by atomic mass is 9.82. The minimum atomic E-state index is -0.0604. The molecule has 8 rings (SSSR count). The fourth-order valence-electron chi connectivity index (χ4n) is 8.48. The van der Waals surface area contributed by atoms with Crippen LogP contribution < -0.4 is 4.74 Å². The topological polar surface area (TPSA) is 29.5 Å². The van der Waals surface area contributed by atoms with E-state index in [1.807, 2.05) is 24.3 Å². The summed E-state index contributed by atoms with van der Waals surface area (Å²) in [5.74, 6) is 0.918. The molecule has 7 aromatic rings. The van der Waals surface area contributed by atoms with Gasteiger partial charge in [0, 0.05) is 5.92 Å². The number of benzene rings is 7. The molecule has 0 saturated carbocycles. The Morgan fingerprint density at radius 1 is 0.500 bits per heavy atom. The van der Waals surface area contributed by atoms with Gasteiger partial charge in [-0.1, -0.05) is 155 Å². The van der Waals surface area contributed by atoms with Crippen molar-refractivity contribution in [2.45, 2.75) is 76.9 Å². The standard InChI is InChI=1S/C46H44O2/c1-2-3-4-5-6-7-8-25-41(48-32-28-26-31(30-47)27-29-32)46-44-39-23-15-11-19-35(39)33-17-9-13-21-37(33)42(44)43-38-22-14-10-18-34(38)36-20-12-16-24-40(36)45(43)46/h9-24,26-29,41,46-47H,2-8,25,30H2,1H3. The maximum absolute atomic E-state index is 9.76. The Hall–Kier alpha value is -4.66. The van der Waals surface area contributed by atoms with Crippen LogP contribution in [-0.4, -0.2) is 11.2 Å². The highest BCUT2D eigenvalue weighted by atomic mass is 16.5. The molecule has 0 amide bonds. The Kier molecular flexibility index (Phi) is 8.59. The number of unbranched alkanes of at least 4 members (excludes halogenated alkanes) is 6. The molecule has 1 unspecified atom stereocenters. The number of rotatable bonds is 12. The van der Waals surface area contributed by atoms with Gasteiger partial charge in [-0.25, -0.2) is 0 Å². The first-order valence-electron chi connectivity index (χ1n) is 18.0. The molecule has 1 atom stereocenters. The van der Waals surface area contributed by atoms with E-state index in [2.05, 4.69) is 104 Å². The van der Waals surface area contributed by atoms with Crippen molar-refractivity contribution < 1.29 is 9.84 Å². The van der Waals surface area contributed by atoms with Crippen molar-refractivity contribution in [1.82, 2.24) is 0 Å². The predicted molar refractivity (Wildman–Crippen MR) is 203 cm³/mol. The zero-order valence-electron chi connectivity index (χ0n) is 27.9. The van der Waals surface area contributed by atoms with Crippen molar-refractivity contribution in [2.24, 2.45) is 0 Å². The van der Waals surface area contributed by atoms with Gasteiger partial charge in [0.1, 0.15) is 11.9 Å². The molecule has 0 radical (unpaired) electrons. The molecular formula is C46H44O2. The molecule has 0 heterocycles. The molecule has 2 nitrogen and oxygen atoms in total. The molecular weight excluding hydrogens is 585 g/mol. The van der Waals surface area contributed by atoms with E-state index in [0.717, 1.165) is 24.2 Å². The smallest absolute Gasteiger partial charge is 0.119 e. The summed E-state index contributed by atoms with van der Waals surface area (Å²) in [5, 5.41) is 20.3. The Morgan fingerprint density at radius 3 is 1.40 bits per heavy atom. The summed E-state index contributed by atoms with van der Waals surface area (Å²) < 4.78 is 7.20. The van der Waals surface area contributed by atoms with Gasteiger partial charge in [0.25, 0.3) is 0 Å². The maximum Gasteiger partial charge on any atom is 0.119 e. The first-order valence-corrected chi connectivity index (χ1v) is 18.0. The summed E-state index contributed by atoms with van der Waals surface area (Å²) in [4.78, 5) is 0. The van der Waals surface area contributed by atoms with Gasteiger partial charge in [-0.15, -0.1) is 0 Å². The summed E-state index contributed by atoms with van der Waals surface area (Å²) in [6, 6.07) is 44.1. The summed E-state index contributed by atoms with van der Waals surface area (Å²) in [6.07, 6.45) is 9.77. The van der Waals surface area contributed by atoms with Gasteiger partial charge in [0.15, 0.2) is 0 Å². The Labute approximate surface area is 284 Å². The Balaban J connectivity index is 1.38. The SMILES string of the molecule is CCCCCCCCCC(Oc1ccc(CO)cc1)C1c2c(c3ccccc3c3ccccc23)-c2c1c1ccccc1c1ccccc21. The molecule has 0 saturated heterocycles. The molecule has 0 fully saturated rings. The number of hydrogen-bond donors (Lipinski definition) is 1. The van der Waals surface area contributed by atoms with Crippen LogP contribution in [0.25, 0.3) is 54.2 Å². The van der Waals surface area contributed by atoms with E-state index in [0.29, 0.717) is 0 Å². The zero-order chi connectivity index (χ0) is 32.5. The van der Waals surface area contributed by atoms with Gasteiger partial charge in [-0.05, 0) is 95.9 Å². The molecule has 240 valence electrons. The normalized spacial score (nSPS) is 13.4. The highest BCUT2D eigenvalue weighted by Crippen LogP contribution is 2.58. The third kappa shape index (κ3) is 5.33. The average Bonchev–Trinajstić information content (AvgIpc) is 3.51. The van der Waals surface area contributed by atoms with E-state index < -0.39 is 0 Å². The summed E-state index contributed by atoms with van der Waals surface area (Å²) in [5.41, 5.74) is 6.45. The molecule has 1 aliphatic rings. The van der Waals surface area contributed by atoms with Gasteiger partial charge in [-0.3, -0.25) is 0 Å². The number of hydrogen-bond acceptors (Lipinski definition) is 2. The number of aliphatic hydroxyl groups excluding tert-OH is 1. The fraction of sp³-hybridized carbons (Fsp3) is 0.261. The van der Waals surface area contributed by atoms with Crippen LogP contribution >= 0.6 is 0 Å². The number of aliphatic hydroxyl groups is 1. The molecule has 48 heavy (non-hydrogen) atoms. The van der Waals surface area contributed by atoms with Gasteiger partial charge in [0.05, 0.1) is 6.61 Å². The predicted octanol–water partition coefficient (Wildman–Crippen LogP) is 12.5. The van der Waals surface area contributed by atoms with Crippen LogP contribution in [0, 0.1) is 0 Å². The minimum absolute atomic E-state index is 0.0310. The van der Waals surface area contributed by atoms with Crippen LogP contribution in [0.15, 0.2) is 121 Å². The van der Waals surface area contributed by atoms with Crippen LogP contribution in [0.5, 0.6) is 5.75 Å². The van der Waals surface area contributed by atoms with Crippen molar-refractivity contribution in [3.05, 3.63) is 138 Å². The third-order valence-electron chi connectivity index (χ3n) is 10.7. The highest BCUT2D eigenvalue weighted by Gasteiger charge is 2.40. The quantitative estimate of drug-likeness (QED) is 0.108. The number of fused-ring (bicyclic) bond motifs is 13. The monoisotopic (exact) mass is 628 g/mol. The second-order valence-corrected chi connectivity index (χ2v) is 13.6. The van der Waals surface area contributed by atoms with Crippen molar-refractivity contribution >= 4 is 43.1 Å². The van der Waals surface area contributed by atoms with Crippen LogP contribution in [0.3, 0.4) is 0 Å². The van der Waals surface area contributed by atoms with E-state index in [9.17, 15) is 5.11 Å². The van der Waals surface area contributed by atoms with E-state index in [-0.39, 0.29) is 18.6 Å². The van der Waals surface area contributed by atoms with Gasteiger partial charge in [0.2, 0.25) is 0 Å². The van der Waals surface area contributed by atoms with Crippen LogP contribution in [0.2, 0.25) is 0 Å². The van der Waals surface area contributed by atoms with Crippen LogP contribution in [0.1, 0.15) is 80.9 Å². The molecule has 1 aliphatic carbocycles. The van der Waals surface area contributed by atoms with Crippen LogP contribution in [0.4, 0.5) is 0 Å². The molecule has 0 spiro atoms. The molecule has 0 bridgehead atoms. The van der Waals surface area contributed by atoms with E-state index in [1.54, 1.807) is 0 Å². The first kappa shape index (κ1) is 30.7. The lowest BCUT2D eigenvalue weighted by molar-refractivity contribution is 0.171. The van der Waals surface area contributed by atoms with Crippen molar-refractivity contribution in [2.75, 3.05) is 0 Å². The second-order valence-electron chi connectivity index (χ2n) is 13.6. The summed E-state index contributed by atoms with van der Waals surface area (Å²) in [6.45, 7) is 2.31. The minimum Gasteiger partial charge on any atom is -0.489 e. The molecule has 7 aromatic carbocycles. The zero-order valence-corrected chi connectivity index (χ0v) is 27.9. The van der Waals surface area contributed by atoms with Crippen LogP contribution in [-0.2, 0) is 6.61 Å². The second kappa shape index (κ2) is 13.5. The maximum atomic E-state index is 9.76. The number of ether oxygens (including phenoxy) is 1. The van der Waals surface area contributed by atoms with Crippen molar-refractivity contribution in [3.8, 4) is 16.9 Å². The van der Waals surface area contributed by atoms with Gasteiger partial charge >= 0.3 is 0 Å². The summed E-state index contributed by atoms with van der Waals surface area (Å²) in [7, 11) is 0. The molecule has 0 aromatic heterocycles. The lowest BCUT2D eigenvalue weighted by Gasteiger charge is -2.29. The first-order chi connectivity index (χ1) is 23.8. The van der Waals surface area contributed by atoms with E-state index in [4.69, 9.17) is 4.74 Å². The van der Waals surface area contributed by atoms with Gasteiger partial charge in [-0.2, -0.15) is 0 Å². The van der Waals surface area contributed by atoms with Crippen molar-refractivity contribution in [1.29, 1.82) is 0 Å². The van der Waals surface area contributed by atoms with Crippen molar-refractivity contribution in [3.63, 3.8) is 0 Å². The van der Waals surface area contributed by atoms with Gasteiger partial charge < -0.3 is 9.84 Å². The molecule has 1 N–H and O–H groups in total. The van der Waals surface area contributed by atoms with E-state index in [1.165, 1.54) is 104 Å². The summed E-state index contributed by atoms with van der Waals surface area (Å²) >= 11 is 0.